The molecule has 0 fully saturated rings. The van der Waals surface area contributed by atoms with Crippen LogP contribution in [0.3, 0.4) is 0 Å². The molecule has 0 amide bonds. The molecule has 68 valence electrons. The average molecular weight is 193 g/mol. The Bertz CT molecular complexity index is 360. The molecule has 0 saturated heterocycles. The Balaban J connectivity index is 2.43. The van der Waals surface area contributed by atoms with Gasteiger partial charge in [0.1, 0.15) is 5.75 Å². The molecule has 13 heavy (non-hydrogen) atoms. The molecule has 3 heteroatoms. The quantitative estimate of drug-likeness (QED) is 0.683. The first-order valence-electron chi connectivity index (χ1n) is 4.14. The first-order valence-corrected chi connectivity index (χ1v) is 5.13. The van der Waals surface area contributed by atoms with E-state index in [0.29, 0.717) is 0 Å². The van der Waals surface area contributed by atoms with E-state index in [0.717, 1.165) is 22.2 Å². The first kappa shape index (κ1) is 8.63. The summed E-state index contributed by atoms with van der Waals surface area (Å²) in [5.74, 6) is 1.91. The van der Waals surface area contributed by atoms with Crippen LogP contribution in [0.4, 0.5) is 5.69 Å². The molecule has 1 heterocycles. The van der Waals surface area contributed by atoms with Crippen molar-refractivity contribution in [3.8, 4) is 5.75 Å². The zero-order valence-corrected chi connectivity index (χ0v) is 8.52. The highest BCUT2D eigenvalue weighted by atomic mass is 32.2. The molecule has 1 aromatic carbocycles. The standard InChI is InChI=1S/C10H11NOS/c1-7-11-10-4-3-9(12-2)5-8(10)6-13-7/h3-5H,6H2,1-2H3. The number of benzene rings is 1. The number of aliphatic imine (C=N–C) groups is 1. The Kier molecular flexibility index (Phi) is 2.27. The number of hydrogen-bond acceptors (Lipinski definition) is 3. The highest BCUT2D eigenvalue weighted by Gasteiger charge is 2.09. The van der Waals surface area contributed by atoms with Gasteiger partial charge in [0.2, 0.25) is 0 Å². The fourth-order valence-electron chi connectivity index (χ4n) is 1.30. The lowest BCUT2D eigenvalue weighted by Crippen LogP contribution is -1.95. The predicted molar refractivity (Wildman–Crippen MR) is 57.1 cm³/mol. The number of nitrogens with zero attached hydrogens (tertiary/aromatic N) is 1. The third-order valence-corrected chi connectivity index (χ3v) is 2.97. The van der Waals surface area contributed by atoms with Crippen molar-refractivity contribution in [2.75, 3.05) is 7.11 Å². The summed E-state index contributed by atoms with van der Waals surface area (Å²) in [6.07, 6.45) is 0. The normalized spacial score (nSPS) is 14.8. The lowest BCUT2D eigenvalue weighted by molar-refractivity contribution is 0.414. The third-order valence-electron chi connectivity index (χ3n) is 2.00. The number of thioether (sulfide) groups is 1. The predicted octanol–water partition coefficient (Wildman–Crippen LogP) is 2.99. The van der Waals surface area contributed by atoms with E-state index in [2.05, 4.69) is 11.1 Å². The van der Waals surface area contributed by atoms with Gasteiger partial charge >= 0.3 is 0 Å². The molecule has 0 N–H and O–H groups in total. The topological polar surface area (TPSA) is 21.6 Å². The molecule has 2 rings (SSSR count). The molecule has 0 bridgehead atoms. The zero-order chi connectivity index (χ0) is 9.26. The SMILES string of the molecule is COc1ccc2c(c1)CSC(C)=N2. The molecule has 0 aromatic heterocycles. The van der Waals surface area contributed by atoms with Gasteiger partial charge in [-0.2, -0.15) is 0 Å². The summed E-state index contributed by atoms with van der Waals surface area (Å²) in [6.45, 7) is 2.04. The summed E-state index contributed by atoms with van der Waals surface area (Å²) in [5.41, 5.74) is 2.34. The summed E-state index contributed by atoms with van der Waals surface area (Å²) in [5, 5.41) is 1.14. The van der Waals surface area contributed by atoms with Crippen LogP contribution in [-0.4, -0.2) is 12.2 Å². The third kappa shape index (κ3) is 1.70. The van der Waals surface area contributed by atoms with E-state index in [-0.39, 0.29) is 0 Å². The number of fused-ring (bicyclic) bond motifs is 1. The Labute approximate surface area is 82.0 Å². The molecule has 0 unspecified atom stereocenters. The van der Waals surface area contributed by atoms with Gasteiger partial charge < -0.3 is 4.74 Å². The largest absolute Gasteiger partial charge is 0.497 e. The Morgan fingerprint density at radius 3 is 3.08 bits per heavy atom. The van der Waals surface area contributed by atoms with Crippen LogP contribution in [0.2, 0.25) is 0 Å². The Hall–Kier alpha value is -0.960. The molecule has 1 aliphatic heterocycles. The van der Waals surface area contributed by atoms with Crippen molar-refractivity contribution < 1.29 is 4.74 Å². The van der Waals surface area contributed by atoms with Crippen molar-refractivity contribution in [2.45, 2.75) is 12.7 Å². The van der Waals surface area contributed by atoms with Crippen molar-refractivity contribution >= 4 is 22.5 Å². The molecule has 0 spiro atoms. The van der Waals surface area contributed by atoms with Crippen molar-refractivity contribution in [2.24, 2.45) is 4.99 Å². The molecule has 1 aliphatic rings. The molecule has 0 atom stereocenters. The average Bonchev–Trinajstić information content (AvgIpc) is 2.17. The van der Waals surface area contributed by atoms with Crippen molar-refractivity contribution in [3.05, 3.63) is 23.8 Å². The second-order valence-electron chi connectivity index (χ2n) is 2.91. The van der Waals surface area contributed by atoms with Gasteiger partial charge in [-0.3, -0.25) is 0 Å². The summed E-state index contributed by atoms with van der Waals surface area (Å²) in [7, 11) is 1.69. The van der Waals surface area contributed by atoms with E-state index in [4.69, 9.17) is 4.74 Å². The molecular formula is C10H11NOS. The lowest BCUT2D eigenvalue weighted by atomic mass is 10.2. The van der Waals surface area contributed by atoms with Gasteiger partial charge in [0, 0.05) is 5.75 Å². The Morgan fingerprint density at radius 2 is 2.31 bits per heavy atom. The van der Waals surface area contributed by atoms with Crippen molar-refractivity contribution in [3.63, 3.8) is 0 Å². The van der Waals surface area contributed by atoms with Gasteiger partial charge in [0.15, 0.2) is 0 Å². The van der Waals surface area contributed by atoms with Crippen LogP contribution in [0, 0.1) is 0 Å². The van der Waals surface area contributed by atoms with Crippen LogP contribution >= 0.6 is 11.8 Å². The lowest BCUT2D eigenvalue weighted by Gasteiger charge is -2.13. The number of hydrogen-bond donors (Lipinski definition) is 0. The Morgan fingerprint density at radius 1 is 1.46 bits per heavy atom. The van der Waals surface area contributed by atoms with Gasteiger partial charge in [-0.25, -0.2) is 4.99 Å². The maximum Gasteiger partial charge on any atom is 0.119 e. The second-order valence-corrected chi connectivity index (χ2v) is 4.08. The van der Waals surface area contributed by atoms with E-state index in [1.54, 1.807) is 18.9 Å². The van der Waals surface area contributed by atoms with E-state index >= 15 is 0 Å². The van der Waals surface area contributed by atoms with Gasteiger partial charge in [0.05, 0.1) is 17.8 Å². The van der Waals surface area contributed by atoms with E-state index in [1.807, 2.05) is 19.1 Å². The van der Waals surface area contributed by atoms with Gasteiger partial charge in [0.25, 0.3) is 0 Å². The number of ether oxygens (including phenoxy) is 1. The molecule has 0 radical (unpaired) electrons. The summed E-state index contributed by atoms with van der Waals surface area (Å²) in [6, 6.07) is 6.02. The van der Waals surface area contributed by atoms with E-state index in [1.165, 1.54) is 5.56 Å². The summed E-state index contributed by atoms with van der Waals surface area (Å²) >= 11 is 1.77. The maximum absolute atomic E-state index is 5.15. The van der Waals surface area contributed by atoms with Gasteiger partial charge in [-0.1, -0.05) is 0 Å². The summed E-state index contributed by atoms with van der Waals surface area (Å²) < 4.78 is 5.15. The molecule has 0 saturated carbocycles. The number of rotatable bonds is 1. The molecule has 1 aromatic rings. The minimum Gasteiger partial charge on any atom is -0.497 e. The zero-order valence-electron chi connectivity index (χ0n) is 7.70. The van der Waals surface area contributed by atoms with Crippen LogP contribution in [0.25, 0.3) is 0 Å². The molecule has 2 nitrogen and oxygen atoms in total. The van der Waals surface area contributed by atoms with Crippen molar-refractivity contribution in [1.29, 1.82) is 0 Å². The molecular weight excluding hydrogens is 182 g/mol. The van der Waals surface area contributed by atoms with E-state index < -0.39 is 0 Å². The van der Waals surface area contributed by atoms with E-state index in [9.17, 15) is 0 Å². The first-order chi connectivity index (χ1) is 6.29. The van der Waals surface area contributed by atoms with Crippen LogP contribution in [0.15, 0.2) is 23.2 Å². The fraction of sp³-hybridized carbons (Fsp3) is 0.300. The maximum atomic E-state index is 5.15. The monoisotopic (exact) mass is 193 g/mol. The highest BCUT2D eigenvalue weighted by Crippen LogP contribution is 2.33. The second kappa shape index (κ2) is 3.42. The van der Waals surface area contributed by atoms with Gasteiger partial charge in [-0.15, -0.1) is 11.8 Å². The van der Waals surface area contributed by atoms with Crippen LogP contribution in [0.5, 0.6) is 5.75 Å². The number of methoxy groups -OCH3 is 1. The minimum atomic E-state index is 0.911. The molecule has 0 aliphatic carbocycles. The smallest absolute Gasteiger partial charge is 0.119 e. The van der Waals surface area contributed by atoms with Gasteiger partial charge in [-0.05, 0) is 30.7 Å². The minimum absolute atomic E-state index is 0.911. The summed E-state index contributed by atoms with van der Waals surface area (Å²) in [4.78, 5) is 4.45. The van der Waals surface area contributed by atoms with Crippen molar-refractivity contribution in [1.82, 2.24) is 0 Å². The van der Waals surface area contributed by atoms with Crippen LogP contribution in [-0.2, 0) is 5.75 Å². The van der Waals surface area contributed by atoms with Crippen LogP contribution in [0.1, 0.15) is 12.5 Å². The van der Waals surface area contributed by atoms with Crippen LogP contribution < -0.4 is 4.74 Å². The highest BCUT2D eigenvalue weighted by molar-refractivity contribution is 8.13. The fourth-order valence-corrected chi connectivity index (χ4v) is 2.06.